The molecule has 0 aliphatic rings. The number of aromatic nitrogens is 3. The van der Waals surface area contributed by atoms with Crippen molar-refractivity contribution in [3.05, 3.63) is 71.3 Å². The minimum Gasteiger partial charge on any atom is -0.463 e. The molecule has 0 aliphatic carbocycles. The van der Waals surface area contributed by atoms with E-state index in [0.717, 1.165) is 0 Å². The smallest absolute Gasteiger partial charge is 0.357 e. The molecule has 18 nitrogen and oxygen atoms in total. The zero-order chi connectivity index (χ0) is 43.5. The second-order valence-corrected chi connectivity index (χ2v) is 15.8. The van der Waals surface area contributed by atoms with Crippen LogP contribution in [-0.4, -0.2) is 70.1 Å². The quantitative estimate of drug-likeness (QED) is 0.0458. The van der Waals surface area contributed by atoms with Crippen LogP contribution in [0.3, 0.4) is 0 Å². The van der Waals surface area contributed by atoms with Crippen LogP contribution in [-0.2, 0) is 55.6 Å². The molecule has 0 bridgehead atoms. The fraction of sp³-hybridized carbons (Fsp3) is 0.429. The summed E-state index contributed by atoms with van der Waals surface area (Å²) < 4.78 is 49.0. The summed E-state index contributed by atoms with van der Waals surface area (Å²) in [6.07, 6.45) is -0.307. The van der Waals surface area contributed by atoms with Gasteiger partial charge in [0.25, 0.3) is 0 Å². The first-order valence-electron chi connectivity index (χ1n) is 19.3. The highest BCUT2D eigenvalue weighted by Gasteiger charge is 2.30. The molecule has 6 aromatic rings. The van der Waals surface area contributed by atoms with E-state index in [4.69, 9.17) is 41.7 Å². The first kappa shape index (κ1) is 42.9. The van der Waals surface area contributed by atoms with Crippen LogP contribution < -0.4 is 0 Å². The van der Waals surface area contributed by atoms with E-state index >= 15 is 0 Å². The Kier molecular flexibility index (Phi) is 12.6. The maximum absolute atomic E-state index is 13.2. The van der Waals surface area contributed by atoms with Gasteiger partial charge in [-0.3, -0.25) is 14.4 Å². The molecule has 0 amide bonds. The lowest BCUT2D eigenvalue weighted by atomic mass is 9.98. The van der Waals surface area contributed by atoms with Gasteiger partial charge in [0.1, 0.15) is 28.6 Å². The average molecular weight is 834 g/mol. The van der Waals surface area contributed by atoms with Crippen molar-refractivity contribution in [3.8, 4) is 0 Å². The Labute approximate surface area is 342 Å². The van der Waals surface area contributed by atoms with Crippen molar-refractivity contribution in [2.75, 3.05) is 6.79 Å². The van der Waals surface area contributed by atoms with Crippen molar-refractivity contribution in [2.24, 2.45) is 23.2 Å². The number of esters is 6. The zero-order valence-corrected chi connectivity index (χ0v) is 34.4. The van der Waals surface area contributed by atoms with Crippen LogP contribution in [0.25, 0.3) is 33.3 Å². The summed E-state index contributed by atoms with van der Waals surface area (Å²) in [4.78, 5) is 84.8. The summed E-state index contributed by atoms with van der Waals surface area (Å²) in [5.41, 5.74) is 2.35. The minimum absolute atomic E-state index is 0.0554. The van der Waals surface area contributed by atoms with Crippen LogP contribution in [0.4, 0.5) is 0 Å². The van der Waals surface area contributed by atoms with Crippen molar-refractivity contribution in [3.63, 3.8) is 0 Å². The molecule has 0 saturated heterocycles. The highest BCUT2D eigenvalue weighted by molar-refractivity contribution is 5.95. The van der Waals surface area contributed by atoms with E-state index in [-0.39, 0.29) is 36.3 Å². The molecule has 6 heterocycles. The first-order valence-corrected chi connectivity index (χ1v) is 19.3. The molecule has 4 unspecified atom stereocenters. The number of carbonyl (C=O) groups excluding carboxylic acids is 6. The van der Waals surface area contributed by atoms with Gasteiger partial charge in [-0.15, -0.1) is 0 Å². The van der Waals surface area contributed by atoms with E-state index in [1.54, 1.807) is 73.6 Å². The third-order valence-corrected chi connectivity index (χ3v) is 9.24. The molecule has 0 aromatic carbocycles. The Morgan fingerprint density at radius 2 is 1.15 bits per heavy atom. The molecule has 18 heteroatoms. The summed E-state index contributed by atoms with van der Waals surface area (Å²) in [7, 11) is 0. The van der Waals surface area contributed by atoms with Gasteiger partial charge in [-0.05, 0) is 20.8 Å². The minimum atomic E-state index is -1.21. The third kappa shape index (κ3) is 10.1. The number of nitrogens with one attached hydrogen (secondary N) is 3. The number of furan rings is 3. The number of rotatable bonds is 17. The maximum Gasteiger partial charge on any atom is 0.357 e. The van der Waals surface area contributed by atoms with Crippen LogP contribution in [0.1, 0.15) is 105 Å². The summed E-state index contributed by atoms with van der Waals surface area (Å²) in [5.74, 6) is -4.85. The molecule has 0 spiro atoms. The van der Waals surface area contributed by atoms with Crippen molar-refractivity contribution < 1.29 is 70.4 Å². The Hall–Kier alpha value is -6.72. The number of fused-ring (bicyclic) bond motifs is 3. The highest BCUT2D eigenvalue weighted by Crippen LogP contribution is 2.27. The molecule has 0 radical (unpaired) electrons. The second-order valence-electron chi connectivity index (χ2n) is 15.8. The molecule has 6 rings (SSSR count). The number of ether oxygens (including phenoxy) is 6. The van der Waals surface area contributed by atoms with Gasteiger partial charge in [-0.1, -0.05) is 34.6 Å². The Bertz CT molecular complexity index is 2420. The fourth-order valence-electron chi connectivity index (χ4n) is 5.85. The largest absolute Gasteiger partial charge is 0.463 e. The van der Waals surface area contributed by atoms with E-state index < -0.39 is 78.4 Å². The molecule has 6 aromatic heterocycles. The standard InChI is InChI=1S/C42H47N3O15/c1-9-34(58-38(49)29-16-31-25(43-29)10-11-52-31)57-35(46)21(4)12-23-15-27-33(56-23)18-30(45-27)39(50)60-40(20(2)3)59-36(47)22(5)13-24-14-26-32(55-24)17-28(44-26)37(48)53-19-54-41(51)42(6,7)8/h10-11,14-18,20-22,34,40,43-45H,9,12-13,19H2,1-8H3. The summed E-state index contributed by atoms with van der Waals surface area (Å²) in [5, 5.41) is 0. The summed E-state index contributed by atoms with van der Waals surface area (Å²) in [6, 6.07) is 9.34. The van der Waals surface area contributed by atoms with Crippen LogP contribution in [0.5, 0.6) is 0 Å². The van der Waals surface area contributed by atoms with Crippen LogP contribution in [0.2, 0.25) is 0 Å². The van der Waals surface area contributed by atoms with Gasteiger partial charge in [0, 0.05) is 61.6 Å². The van der Waals surface area contributed by atoms with Gasteiger partial charge in [0.15, 0.2) is 16.7 Å². The Morgan fingerprint density at radius 3 is 1.67 bits per heavy atom. The van der Waals surface area contributed by atoms with Gasteiger partial charge >= 0.3 is 35.8 Å². The van der Waals surface area contributed by atoms with Crippen LogP contribution >= 0.6 is 0 Å². The van der Waals surface area contributed by atoms with Crippen molar-refractivity contribution in [1.82, 2.24) is 15.0 Å². The van der Waals surface area contributed by atoms with Gasteiger partial charge in [0.2, 0.25) is 19.4 Å². The monoisotopic (exact) mass is 833 g/mol. The van der Waals surface area contributed by atoms with Crippen molar-refractivity contribution in [2.45, 2.75) is 87.2 Å². The molecule has 60 heavy (non-hydrogen) atoms. The van der Waals surface area contributed by atoms with Gasteiger partial charge < -0.3 is 56.6 Å². The van der Waals surface area contributed by atoms with E-state index in [9.17, 15) is 28.8 Å². The van der Waals surface area contributed by atoms with Crippen molar-refractivity contribution >= 4 is 69.1 Å². The third-order valence-electron chi connectivity index (χ3n) is 9.24. The van der Waals surface area contributed by atoms with E-state index in [1.807, 2.05) is 0 Å². The lowest BCUT2D eigenvalue weighted by Gasteiger charge is -2.22. The average Bonchev–Trinajstić information content (AvgIpc) is 4.02. The lowest BCUT2D eigenvalue weighted by molar-refractivity contribution is -0.180. The summed E-state index contributed by atoms with van der Waals surface area (Å²) in [6.45, 7) is 13.0. The Morgan fingerprint density at radius 1 is 0.633 bits per heavy atom. The predicted molar refractivity (Wildman–Crippen MR) is 209 cm³/mol. The van der Waals surface area contributed by atoms with Gasteiger partial charge in [-0.2, -0.15) is 0 Å². The SMILES string of the molecule is CCC(OC(=O)c1cc2occc2[nH]1)OC(=O)C(C)Cc1cc2[nH]c(C(=O)OC(OC(=O)C(C)Cc3cc4[nH]c(C(=O)OCOC(=O)C(C)(C)C)cc4o3)C(C)C)cc2o1. The lowest BCUT2D eigenvalue weighted by Crippen LogP contribution is -2.32. The highest BCUT2D eigenvalue weighted by atomic mass is 16.7. The molecule has 320 valence electrons. The van der Waals surface area contributed by atoms with Gasteiger partial charge in [0.05, 0.1) is 40.1 Å². The number of carbonyl (C=O) groups is 6. The van der Waals surface area contributed by atoms with Gasteiger partial charge in [-0.25, -0.2) is 14.4 Å². The number of hydrogen-bond acceptors (Lipinski definition) is 15. The molecule has 0 fully saturated rings. The second kappa shape index (κ2) is 17.6. The fourth-order valence-corrected chi connectivity index (χ4v) is 5.85. The maximum atomic E-state index is 13.2. The van der Waals surface area contributed by atoms with Crippen LogP contribution in [0, 0.1) is 23.2 Å². The molecule has 4 atom stereocenters. The summed E-state index contributed by atoms with van der Waals surface area (Å²) >= 11 is 0. The number of H-pyrrole nitrogens is 3. The molecular weight excluding hydrogens is 786 g/mol. The number of aromatic amines is 3. The first-order chi connectivity index (χ1) is 28.4. The molecule has 0 aliphatic heterocycles. The normalized spacial score (nSPS) is 13.9. The molecular formula is C42H47N3O15. The molecule has 3 N–H and O–H groups in total. The van der Waals surface area contributed by atoms with Crippen molar-refractivity contribution in [1.29, 1.82) is 0 Å². The number of hydrogen-bond donors (Lipinski definition) is 3. The van der Waals surface area contributed by atoms with E-state index in [2.05, 4.69) is 15.0 Å². The zero-order valence-electron chi connectivity index (χ0n) is 34.4. The molecule has 0 saturated carbocycles. The topological polar surface area (TPSA) is 245 Å². The van der Waals surface area contributed by atoms with E-state index in [1.165, 1.54) is 24.5 Å². The van der Waals surface area contributed by atoms with E-state index in [0.29, 0.717) is 44.8 Å². The van der Waals surface area contributed by atoms with Crippen LogP contribution in [0.15, 0.2) is 55.9 Å². The Balaban J connectivity index is 0.967. The predicted octanol–water partition coefficient (Wildman–Crippen LogP) is 7.49.